The number of aromatic nitrogens is 1. The maximum atomic E-state index is 12.5. The maximum absolute atomic E-state index is 12.5. The van der Waals surface area contributed by atoms with Crippen LogP contribution in [-0.4, -0.2) is 39.9 Å². The first-order valence-corrected chi connectivity index (χ1v) is 9.85. The van der Waals surface area contributed by atoms with E-state index >= 15 is 0 Å². The van der Waals surface area contributed by atoms with E-state index < -0.39 is 0 Å². The molecule has 1 aromatic heterocycles. The van der Waals surface area contributed by atoms with Crippen LogP contribution >= 0.6 is 11.3 Å². The van der Waals surface area contributed by atoms with Crippen LogP contribution in [0.1, 0.15) is 34.6 Å². The number of carbonyl (C=O) groups excluding carboxylic acids is 2. The zero-order valence-corrected chi connectivity index (χ0v) is 16.5. The number of nitrogens with zero attached hydrogens (tertiary/aromatic N) is 2. The van der Waals surface area contributed by atoms with Gasteiger partial charge in [0.1, 0.15) is 5.75 Å². The second-order valence-corrected chi connectivity index (χ2v) is 6.95. The fourth-order valence-corrected chi connectivity index (χ4v) is 3.44. The summed E-state index contributed by atoms with van der Waals surface area (Å²) >= 11 is 1.32. The number of hydrogen-bond donors (Lipinski definition) is 2. The predicted molar refractivity (Wildman–Crippen MR) is 111 cm³/mol. The van der Waals surface area contributed by atoms with E-state index in [9.17, 15) is 14.7 Å². The molecule has 3 rings (SSSR count). The van der Waals surface area contributed by atoms with Crippen molar-refractivity contribution in [1.82, 2.24) is 9.88 Å². The lowest BCUT2D eigenvalue weighted by atomic mass is 10.1. The van der Waals surface area contributed by atoms with Gasteiger partial charge in [-0.3, -0.25) is 14.9 Å². The van der Waals surface area contributed by atoms with Gasteiger partial charge in [0, 0.05) is 35.2 Å². The molecule has 0 saturated carbocycles. The summed E-state index contributed by atoms with van der Waals surface area (Å²) in [6.45, 7) is 5.16. The Labute approximate surface area is 167 Å². The highest BCUT2D eigenvalue weighted by Crippen LogP contribution is 2.26. The Hall–Kier alpha value is -3.19. The zero-order valence-electron chi connectivity index (χ0n) is 15.7. The summed E-state index contributed by atoms with van der Waals surface area (Å²) in [5, 5.41) is 14.5. The Morgan fingerprint density at radius 3 is 2.21 bits per heavy atom. The molecule has 6 nitrogen and oxygen atoms in total. The van der Waals surface area contributed by atoms with E-state index in [0.29, 0.717) is 29.3 Å². The zero-order chi connectivity index (χ0) is 20.1. The van der Waals surface area contributed by atoms with E-state index in [4.69, 9.17) is 0 Å². The van der Waals surface area contributed by atoms with Crippen molar-refractivity contribution in [1.29, 1.82) is 0 Å². The number of hydrogen-bond acceptors (Lipinski definition) is 5. The molecule has 0 aliphatic carbocycles. The van der Waals surface area contributed by atoms with Gasteiger partial charge in [0.2, 0.25) is 0 Å². The molecule has 0 atom stereocenters. The minimum absolute atomic E-state index is 0.0459. The molecular formula is C21H21N3O3S. The van der Waals surface area contributed by atoms with Gasteiger partial charge in [-0.25, -0.2) is 4.98 Å². The number of anilines is 1. The summed E-state index contributed by atoms with van der Waals surface area (Å²) in [5.74, 6) is -0.140. The molecule has 2 amide bonds. The molecule has 0 radical (unpaired) electrons. The van der Waals surface area contributed by atoms with Crippen LogP contribution in [-0.2, 0) is 0 Å². The summed E-state index contributed by atoms with van der Waals surface area (Å²) < 4.78 is 0. The number of benzene rings is 2. The first-order valence-electron chi connectivity index (χ1n) is 8.97. The summed E-state index contributed by atoms with van der Waals surface area (Å²) in [7, 11) is 0. The number of carbonyl (C=O) groups is 2. The monoisotopic (exact) mass is 395 g/mol. The molecule has 0 saturated heterocycles. The number of phenols is 1. The predicted octanol–water partition coefficient (Wildman–Crippen LogP) is 4.25. The standard InChI is InChI=1S/C21H21N3O3S/c1-3-24(4-2)20(27)16-7-5-15(6-8-16)19(26)23-21-22-18(13-28-21)14-9-11-17(25)12-10-14/h5-13,25H,3-4H2,1-2H3,(H,22,23,26). The highest BCUT2D eigenvalue weighted by molar-refractivity contribution is 7.14. The molecule has 28 heavy (non-hydrogen) atoms. The number of phenolic OH excluding ortho intramolecular Hbond substituents is 1. The molecule has 1 heterocycles. The summed E-state index contributed by atoms with van der Waals surface area (Å²) in [6.07, 6.45) is 0. The van der Waals surface area contributed by atoms with Crippen molar-refractivity contribution in [2.75, 3.05) is 18.4 Å². The topological polar surface area (TPSA) is 82.5 Å². The molecule has 0 bridgehead atoms. The van der Waals surface area contributed by atoms with Crippen molar-refractivity contribution in [2.45, 2.75) is 13.8 Å². The van der Waals surface area contributed by atoms with Crippen LogP contribution in [0.25, 0.3) is 11.3 Å². The highest BCUT2D eigenvalue weighted by Gasteiger charge is 2.14. The number of nitrogens with one attached hydrogen (secondary N) is 1. The van der Waals surface area contributed by atoms with Gasteiger partial charge in [0.15, 0.2) is 5.13 Å². The van der Waals surface area contributed by atoms with Gasteiger partial charge in [0.05, 0.1) is 5.69 Å². The fraction of sp³-hybridized carbons (Fsp3) is 0.190. The van der Waals surface area contributed by atoms with Crippen LogP contribution in [0.4, 0.5) is 5.13 Å². The maximum Gasteiger partial charge on any atom is 0.257 e. The van der Waals surface area contributed by atoms with Crippen LogP contribution in [0.3, 0.4) is 0 Å². The average molecular weight is 395 g/mol. The van der Waals surface area contributed by atoms with Crippen molar-refractivity contribution < 1.29 is 14.7 Å². The van der Waals surface area contributed by atoms with Gasteiger partial charge in [-0.15, -0.1) is 11.3 Å². The van der Waals surface area contributed by atoms with E-state index in [1.165, 1.54) is 11.3 Å². The van der Waals surface area contributed by atoms with Gasteiger partial charge in [0.25, 0.3) is 11.8 Å². The third-order valence-electron chi connectivity index (χ3n) is 4.33. The van der Waals surface area contributed by atoms with E-state index in [1.54, 1.807) is 53.4 Å². The lowest BCUT2D eigenvalue weighted by Gasteiger charge is -2.18. The molecule has 7 heteroatoms. The Kier molecular flexibility index (Phi) is 6.06. The lowest BCUT2D eigenvalue weighted by Crippen LogP contribution is -2.30. The van der Waals surface area contributed by atoms with E-state index in [2.05, 4.69) is 10.3 Å². The van der Waals surface area contributed by atoms with Crippen molar-refractivity contribution in [2.24, 2.45) is 0 Å². The smallest absolute Gasteiger partial charge is 0.257 e. The van der Waals surface area contributed by atoms with Crippen LogP contribution in [0.15, 0.2) is 53.9 Å². The Balaban J connectivity index is 1.68. The molecule has 0 aliphatic heterocycles. The fourth-order valence-electron chi connectivity index (χ4n) is 2.72. The highest BCUT2D eigenvalue weighted by atomic mass is 32.1. The third-order valence-corrected chi connectivity index (χ3v) is 5.09. The largest absolute Gasteiger partial charge is 0.508 e. The average Bonchev–Trinajstić information content (AvgIpc) is 3.18. The summed E-state index contributed by atoms with van der Waals surface area (Å²) in [4.78, 5) is 30.9. The van der Waals surface area contributed by atoms with E-state index in [0.717, 1.165) is 11.3 Å². The molecule has 0 fully saturated rings. The van der Waals surface area contributed by atoms with E-state index in [-0.39, 0.29) is 17.6 Å². The van der Waals surface area contributed by atoms with Crippen molar-refractivity contribution >= 4 is 28.3 Å². The second kappa shape index (κ2) is 8.67. The molecular weight excluding hydrogens is 374 g/mol. The minimum atomic E-state index is -0.284. The first-order chi connectivity index (χ1) is 13.5. The van der Waals surface area contributed by atoms with Crippen LogP contribution < -0.4 is 5.32 Å². The number of rotatable bonds is 6. The Morgan fingerprint density at radius 1 is 1.00 bits per heavy atom. The second-order valence-electron chi connectivity index (χ2n) is 6.09. The lowest BCUT2D eigenvalue weighted by molar-refractivity contribution is 0.0772. The van der Waals surface area contributed by atoms with E-state index in [1.807, 2.05) is 19.2 Å². The Morgan fingerprint density at radius 2 is 1.61 bits per heavy atom. The molecule has 0 aliphatic rings. The van der Waals surface area contributed by atoms with Gasteiger partial charge < -0.3 is 10.0 Å². The third kappa shape index (κ3) is 4.37. The molecule has 2 aromatic carbocycles. The SMILES string of the molecule is CCN(CC)C(=O)c1ccc(C(=O)Nc2nc(-c3ccc(O)cc3)cs2)cc1. The quantitative estimate of drug-likeness (QED) is 0.654. The van der Waals surface area contributed by atoms with Crippen LogP contribution in [0.2, 0.25) is 0 Å². The van der Waals surface area contributed by atoms with Crippen molar-refractivity contribution in [3.8, 4) is 17.0 Å². The van der Waals surface area contributed by atoms with Gasteiger partial charge in [-0.2, -0.15) is 0 Å². The number of amides is 2. The first kappa shape index (κ1) is 19.6. The van der Waals surface area contributed by atoms with Gasteiger partial charge in [-0.05, 0) is 62.4 Å². The summed E-state index contributed by atoms with van der Waals surface area (Å²) in [6, 6.07) is 13.3. The van der Waals surface area contributed by atoms with Crippen molar-refractivity contribution in [3.05, 3.63) is 65.0 Å². The van der Waals surface area contributed by atoms with Crippen molar-refractivity contribution in [3.63, 3.8) is 0 Å². The Bertz CT molecular complexity index is 961. The molecule has 0 spiro atoms. The minimum Gasteiger partial charge on any atom is -0.508 e. The molecule has 2 N–H and O–H groups in total. The molecule has 3 aromatic rings. The van der Waals surface area contributed by atoms with Gasteiger partial charge in [-0.1, -0.05) is 0 Å². The van der Waals surface area contributed by atoms with Gasteiger partial charge >= 0.3 is 0 Å². The molecule has 144 valence electrons. The number of thiazole rings is 1. The van der Waals surface area contributed by atoms with Crippen LogP contribution in [0, 0.1) is 0 Å². The normalized spacial score (nSPS) is 10.5. The molecule has 0 unspecified atom stereocenters. The summed E-state index contributed by atoms with van der Waals surface area (Å²) in [5.41, 5.74) is 2.59. The number of aromatic hydroxyl groups is 1. The van der Waals surface area contributed by atoms with Crippen LogP contribution in [0.5, 0.6) is 5.75 Å².